The molecule has 1 aromatic rings. The van der Waals surface area contributed by atoms with Gasteiger partial charge in [0.25, 0.3) is 0 Å². The Morgan fingerprint density at radius 2 is 2.00 bits per heavy atom. The molecule has 1 heterocycles. The predicted molar refractivity (Wildman–Crippen MR) is 73.3 cm³/mol. The van der Waals surface area contributed by atoms with Crippen LogP contribution >= 0.6 is 0 Å². The highest BCUT2D eigenvalue weighted by molar-refractivity contribution is 5.77. The molecule has 0 radical (unpaired) electrons. The molecule has 1 aliphatic rings. The van der Waals surface area contributed by atoms with E-state index in [1.807, 2.05) is 6.92 Å². The maximum absolute atomic E-state index is 12.7. The third kappa shape index (κ3) is 5.26. The van der Waals surface area contributed by atoms with Crippen molar-refractivity contribution >= 4 is 5.91 Å². The molecular weight excluding hydrogens is 277 g/mol. The zero-order chi connectivity index (χ0) is 15.1. The van der Waals surface area contributed by atoms with Gasteiger partial charge in [0.15, 0.2) is 5.82 Å². The summed E-state index contributed by atoms with van der Waals surface area (Å²) < 4.78 is 23.4. The van der Waals surface area contributed by atoms with Crippen LogP contribution in [0.15, 0.2) is 12.4 Å². The van der Waals surface area contributed by atoms with E-state index in [-0.39, 0.29) is 30.7 Å². The zero-order valence-electron chi connectivity index (χ0n) is 12.0. The Bertz CT molecular complexity index is 447. The van der Waals surface area contributed by atoms with E-state index >= 15 is 0 Å². The predicted octanol–water partition coefficient (Wildman–Crippen LogP) is 1.46. The van der Waals surface area contributed by atoms with Gasteiger partial charge in [-0.3, -0.25) is 4.79 Å². The average molecular weight is 297 g/mol. The van der Waals surface area contributed by atoms with Gasteiger partial charge in [-0.25, -0.2) is 14.4 Å². The lowest BCUT2D eigenvalue weighted by molar-refractivity contribution is -0.126. The smallest absolute Gasteiger partial charge is 0.316 e. The van der Waals surface area contributed by atoms with Crippen molar-refractivity contribution in [2.45, 2.75) is 44.8 Å². The second-order valence-corrected chi connectivity index (χ2v) is 4.98. The van der Waals surface area contributed by atoms with Gasteiger partial charge in [0, 0.05) is 12.6 Å². The number of ether oxygens (including phenoxy) is 2. The van der Waals surface area contributed by atoms with E-state index in [0.717, 1.165) is 38.1 Å². The van der Waals surface area contributed by atoms with Crippen LogP contribution < -0.4 is 10.1 Å². The highest BCUT2D eigenvalue weighted by Crippen LogP contribution is 2.22. The lowest BCUT2D eigenvalue weighted by Crippen LogP contribution is -2.41. The Kier molecular flexibility index (Phi) is 5.86. The number of hydrogen-bond acceptors (Lipinski definition) is 5. The molecule has 1 fully saturated rings. The van der Waals surface area contributed by atoms with Crippen LogP contribution in [-0.2, 0) is 9.53 Å². The van der Waals surface area contributed by atoms with Crippen molar-refractivity contribution in [2.75, 3.05) is 13.2 Å². The summed E-state index contributed by atoms with van der Waals surface area (Å²) in [6.45, 7) is 2.50. The van der Waals surface area contributed by atoms with Gasteiger partial charge >= 0.3 is 6.01 Å². The summed E-state index contributed by atoms with van der Waals surface area (Å²) in [6.07, 6.45) is 5.47. The van der Waals surface area contributed by atoms with Gasteiger partial charge < -0.3 is 14.8 Å². The Morgan fingerprint density at radius 3 is 2.62 bits per heavy atom. The zero-order valence-corrected chi connectivity index (χ0v) is 12.0. The van der Waals surface area contributed by atoms with Crippen LogP contribution in [0.3, 0.4) is 0 Å². The van der Waals surface area contributed by atoms with Crippen LogP contribution in [0.2, 0.25) is 0 Å². The number of aromatic nitrogens is 2. The third-order valence-corrected chi connectivity index (χ3v) is 3.35. The van der Waals surface area contributed by atoms with E-state index in [1.165, 1.54) is 0 Å². The Labute approximate surface area is 123 Å². The van der Waals surface area contributed by atoms with Gasteiger partial charge in [0.2, 0.25) is 5.91 Å². The molecule has 1 aliphatic carbocycles. The fourth-order valence-corrected chi connectivity index (χ4v) is 2.30. The van der Waals surface area contributed by atoms with Crippen LogP contribution in [0.5, 0.6) is 6.01 Å². The summed E-state index contributed by atoms with van der Waals surface area (Å²) in [4.78, 5) is 19.1. The second kappa shape index (κ2) is 7.87. The number of hydrogen-bond donors (Lipinski definition) is 1. The molecule has 1 N–H and O–H groups in total. The minimum atomic E-state index is -0.483. The van der Waals surface area contributed by atoms with Crippen molar-refractivity contribution < 1.29 is 18.7 Å². The van der Waals surface area contributed by atoms with Crippen molar-refractivity contribution in [2.24, 2.45) is 0 Å². The molecule has 2 rings (SSSR count). The minimum Gasteiger partial charge on any atom is -0.460 e. The Hall–Kier alpha value is -1.76. The molecule has 0 saturated heterocycles. The summed E-state index contributed by atoms with van der Waals surface area (Å²) >= 11 is 0. The van der Waals surface area contributed by atoms with E-state index in [1.54, 1.807) is 0 Å². The topological polar surface area (TPSA) is 73.3 Å². The molecule has 0 atom stereocenters. The summed E-state index contributed by atoms with van der Waals surface area (Å²) in [5, 5.41) is 2.95. The van der Waals surface area contributed by atoms with Crippen molar-refractivity contribution in [1.29, 1.82) is 0 Å². The Morgan fingerprint density at radius 1 is 1.33 bits per heavy atom. The monoisotopic (exact) mass is 297 g/mol. The molecule has 6 nitrogen and oxygen atoms in total. The SMILES string of the molecule is CCOCC(=O)NC1CCC(Oc2ncc(F)cn2)CC1. The lowest BCUT2D eigenvalue weighted by Gasteiger charge is -2.28. The summed E-state index contributed by atoms with van der Waals surface area (Å²) in [5.41, 5.74) is 0. The highest BCUT2D eigenvalue weighted by Gasteiger charge is 2.24. The standard InChI is InChI=1S/C14H20FN3O3/c1-2-20-9-13(19)18-11-3-5-12(6-4-11)21-14-16-7-10(15)8-17-14/h7-8,11-12H,2-6,9H2,1H3,(H,18,19). The van der Waals surface area contributed by atoms with E-state index in [2.05, 4.69) is 15.3 Å². The molecule has 0 bridgehead atoms. The van der Waals surface area contributed by atoms with Crippen LogP contribution in [0.4, 0.5) is 4.39 Å². The van der Waals surface area contributed by atoms with Gasteiger partial charge in [-0.15, -0.1) is 0 Å². The van der Waals surface area contributed by atoms with Crippen molar-refractivity contribution in [1.82, 2.24) is 15.3 Å². The summed E-state index contributed by atoms with van der Waals surface area (Å²) in [7, 11) is 0. The molecule has 21 heavy (non-hydrogen) atoms. The van der Waals surface area contributed by atoms with Gasteiger partial charge in [-0.2, -0.15) is 0 Å². The molecule has 0 aliphatic heterocycles. The molecular formula is C14H20FN3O3. The molecule has 0 unspecified atom stereocenters. The Balaban J connectivity index is 1.70. The van der Waals surface area contributed by atoms with Crippen LogP contribution in [0.1, 0.15) is 32.6 Å². The lowest BCUT2D eigenvalue weighted by atomic mass is 9.93. The summed E-state index contributed by atoms with van der Waals surface area (Å²) in [5.74, 6) is -0.564. The number of amides is 1. The maximum Gasteiger partial charge on any atom is 0.316 e. The number of nitrogens with zero attached hydrogens (tertiary/aromatic N) is 2. The first-order valence-electron chi connectivity index (χ1n) is 7.18. The first-order chi connectivity index (χ1) is 10.2. The van der Waals surface area contributed by atoms with E-state index in [9.17, 15) is 9.18 Å². The third-order valence-electron chi connectivity index (χ3n) is 3.35. The maximum atomic E-state index is 12.7. The number of rotatable bonds is 6. The largest absolute Gasteiger partial charge is 0.460 e. The van der Waals surface area contributed by atoms with Gasteiger partial charge in [-0.05, 0) is 32.6 Å². The fraction of sp³-hybridized carbons (Fsp3) is 0.643. The first-order valence-corrected chi connectivity index (χ1v) is 7.18. The normalized spacial score (nSPS) is 21.8. The average Bonchev–Trinajstić information content (AvgIpc) is 2.49. The van der Waals surface area contributed by atoms with Crippen LogP contribution in [0, 0.1) is 5.82 Å². The van der Waals surface area contributed by atoms with Gasteiger partial charge in [0.1, 0.15) is 12.7 Å². The van der Waals surface area contributed by atoms with Gasteiger partial charge in [0.05, 0.1) is 12.4 Å². The number of nitrogens with one attached hydrogen (secondary N) is 1. The second-order valence-electron chi connectivity index (χ2n) is 4.98. The number of carbonyl (C=O) groups is 1. The molecule has 7 heteroatoms. The van der Waals surface area contributed by atoms with Crippen LogP contribution in [-0.4, -0.2) is 41.2 Å². The first kappa shape index (κ1) is 15.6. The van der Waals surface area contributed by atoms with Crippen molar-refractivity contribution in [3.8, 4) is 6.01 Å². The van der Waals surface area contributed by atoms with E-state index < -0.39 is 5.82 Å². The highest BCUT2D eigenvalue weighted by atomic mass is 19.1. The summed E-state index contributed by atoms with van der Waals surface area (Å²) in [6, 6.07) is 0.354. The van der Waals surface area contributed by atoms with Crippen molar-refractivity contribution in [3.63, 3.8) is 0 Å². The molecule has 116 valence electrons. The van der Waals surface area contributed by atoms with Gasteiger partial charge in [-0.1, -0.05) is 0 Å². The van der Waals surface area contributed by atoms with Crippen molar-refractivity contribution in [3.05, 3.63) is 18.2 Å². The molecule has 1 aromatic heterocycles. The molecule has 0 spiro atoms. The fourth-order valence-electron chi connectivity index (χ4n) is 2.30. The molecule has 1 amide bonds. The molecule has 1 saturated carbocycles. The number of carbonyl (C=O) groups excluding carboxylic acids is 1. The minimum absolute atomic E-state index is 0.00973. The van der Waals surface area contributed by atoms with E-state index in [0.29, 0.717) is 6.61 Å². The number of halogens is 1. The van der Waals surface area contributed by atoms with E-state index in [4.69, 9.17) is 9.47 Å². The van der Waals surface area contributed by atoms with Crippen LogP contribution in [0.25, 0.3) is 0 Å². The quantitative estimate of drug-likeness (QED) is 0.860. The molecule has 0 aromatic carbocycles.